The molecular formula is C23H24N6O. The Hall–Kier alpha value is -3.48. The number of hydrogen-bond donors (Lipinski definition) is 1. The van der Waals surface area contributed by atoms with Crippen LogP contribution in [0.2, 0.25) is 0 Å². The second kappa shape index (κ2) is 7.74. The second-order valence-corrected chi connectivity index (χ2v) is 7.79. The quantitative estimate of drug-likeness (QED) is 0.511. The Bertz CT molecular complexity index is 1190. The number of amides is 1. The van der Waals surface area contributed by atoms with Crippen LogP contribution in [0.1, 0.15) is 53.7 Å². The van der Waals surface area contributed by atoms with Crippen molar-refractivity contribution in [2.75, 3.05) is 0 Å². The molecule has 0 bridgehead atoms. The van der Waals surface area contributed by atoms with E-state index in [0.717, 1.165) is 53.8 Å². The minimum Gasteiger partial charge on any atom is -0.348 e. The van der Waals surface area contributed by atoms with E-state index in [4.69, 9.17) is 4.98 Å². The number of hydrogen-bond acceptors (Lipinski definition) is 4. The van der Waals surface area contributed by atoms with Gasteiger partial charge in [-0.05, 0) is 37.5 Å². The molecule has 7 nitrogen and oxygen atoms in total. The van der Waals surface area contributed by atoms with E-state index in [1.54, 1.807) is 12.4 Å². The Balaban J connectivity index is 1.38. The van der Waals surface area contributed by atoms with Crippen molar-refractivity contribution in [2.24, 2.45) is 0 Å². The monoisotopic (exact) mass is 400 g/mol. The molecule has 0 aliphatic heterocycles. The Morgan fingerprint density at radius 2 is 2.00 bits per heavy atom. The van der Waals surface area contributed by atoms with Crippen molar-refractivity contribution >= 4 is 16.9 Å². The fourth-order valence-electron chi connectivity index (χ4n) is 3.67. The number of carbonyl (C=O) groups is 1. The van der Waals surface area contributed by atoms with E-state index in [-0.39, 0.29) is 5.91 Å². The van der Waals surface area contributed by atoms with Gasteiger partial charge in [0.05, 0.1) is 29.0 Å². The highest BCUT2D eigenvalue weighted by Crippen LogP contribution is 2.40. The lowest BCUT2D eigenvalue weighted by Gasteiger charge is -2.08. The maximum Gasteiger partial charge on any atom is 0.252 e. The summed E-state index contributed by atoms with van der Waals surface area (Å²) in [6.45, 7) is 3.32. The van der Waals surface area contributed by atoms with Crippen LogP contribution in [-0.4, -0.2) is 30.5 Å². The number of pyridine rings is 1. The summed E-state index contributed by atoms with van der Waals surface area (Å²) in [7, 11) is 0. The van der Waals surface area contributed by atoms with Gasteiger partial charge in [0.15, 0.2) is 5.65 Å². The van der Waals surface area contributed by atoms with E-state index in [1.807, 2.05) is 52.0 Å². The van der Waals surface area contributed by atoms with Gasteiger partial charge in [-0.25, -0.2) is 14.3 Å². The molecule has 7 heteroatoms. The number of nitrogens with zero attached hydrogens (tertiary/aromatic N) is 5. The molecule has 1 amide bonds. The van der Waals surface area contributed by atoms with Crippen LogP contribution < -0.4 is 5.32 Å². The molecule has 152 valence electrons. The lowest BCUT2D eigenvalue weighted by Crippen LogP contribution is -2.23. The van der Waals surface area contributed by atoms with E-state index >= 15 is 0 Å². The average Bonchev–Trinajstić information content (AvgIpc) is 3.39. The zero-order valence-electron chi connectivity index (χ0n) is 17.0. The summed E-state index contributed by atoms with van der Waals surface area (Å²) in [5.41, 5.74) is 4.40. The van der Waals surface area contributed by atoms with Gasteiger partial charge in [0.25, 0.3) is 5.91 Å². The largest absolute Gasteiger partial charge is 0.348 e. The van der Waals surface area contributed by atoms with E-state index < -0.39 is 0 Å². The van der Waals surface area contributed by atoms with Crippen molar-refractivity contribution in [3.63, 3.8) is 0 Å². The summed E-state index contributed by atoms with van der Waals surface area (Å²) in [5, 5.41) is 12.7. The van der Waals surface area contributed by atoms with E-state index in [1.165, 1.54) is 0 Å². The zero-order valence-corrected chi connectivity index (χ0v) is 17.0. The molecule has 1 aliphatic carbocycles. The highest BCUT2D eigenvalue weighted by molar-refractivity contribution is 6.05. The van der Waals surface area contributed by atoms with Gasteiger partial charge >= 0.3 is 0 Å². The first-order valence-electron chi connectivity index (χ1n) is 10.5. The number of aryl methyl sites for hydroxylation is 1. The molecule has 0 atom stereocenters. The lowest BCUT2D eigenvalue weighted by molar-refractivity contribution is 0.0952. The molecule has 1 fully saturated rings. The molecule has 1 saturated carbocycles. The summed E-state index contributed by atoms with van der Waals surface area (Å²) in [6.07, 6.45) is 8.73. The Morgan fingerprint density at radius 3 is 2.77 bits per heavy atom. The third-order valence-electron chi connectivity index (χ3n) is 5.41. The maximum atomic E-state index is 13.1. The van der Waals surface area contributed by atoms with Crippen LogP contribution in [0.15, 0.2) is 55.0 Å². The number of benzene rings is 1. The van der Waals surface area contributed by atoms with Crippen LogP contribution >= 0.6 is 0 Å². The van der Waals surface area contributed by atoms with E-state index in [0.29, 0.717) is 18.0 Å². The van der Waals surface area contributed by atoms with Crippen LogP contribution in [0.5, 0.6) is 0 Å². The zero-order chi connectivity index (χ0) is 20.5. The summed E-state index contributed by atoms with van der Waals surface area (Å²) in [5.74, 6) is 0.364. The van der Waals surface area contributed by atoms with Crippen LogP contribution in [0, 0.1) is 0 Å². The van der Waals surface area contributed by atoms with Crippen LogP contribution in [0.3, 0.4) is 0 Å². The van der Waals surface area contributed by atoms with Gasteiger partial charge in [0.1, 0.15) is 0 Å². The molecule has 3 heterocycles. The molecule has 1 N–H and O–H groups in total. The van der Waals surface area contributed by atoms with Gasteiger partial charge in [0, 0.05) is 36.5 Å². The first-order chi connectivity index (χ1) is 14.7. The molecule has 0 unspecified atom stereocenters. The molecule has 4 aromatic rings. The van der Waals surface area contributed by atoms with Crippen molar-refractivity contribution in [1.82, 2.24) is 29.9 Å². The van der Waals surface area contributed by atoms with E-state index in [9.17, 15) is 4.79 Å². The first-order valence-corrected chi connectivity index (χ1v) is 10.5. The van der Waals surface area contributed by atoms with Crippen molar-refractivity contribution in [1.29, 1.82) is 0 Å². The highest BCUT2D eigenvalue weighted by atomic mass is 16.1. The molecule has 0 spiro atoms. The van der Waals surface area contributed by atoms with Crippen molar-refractivity contribution in [2.45, 2.75) is 45.2 Å². The van der Waals surface area contributed by atoms with Gasteiger partial charge in [-0.3, -0.25) is 4.79 Å². The number of aromatic nitrogens is 5. The molecule has 30 heavy (non-hydrogen) atoms. The fraction of sp³-hybridized carbons (Fsp3) is 0.304. The Morgan fingerprint density at radius 1 is 1.17 bits per heavy atom. The van der Waals surface area contributed by atoms with Crippen molar-refractivity contribution in [3.05, 3.63) is 71.8 Å². The third kappa shape index (κ3) is 3.58. The highest BCUT2D eigenvalue weighted by Gasteiger charge is 2.28. The summed E-state index contributed by atoms with van der Waals surface area (Å²) >= 11 is 0. The molecule has 5 rings (SSSR count). The topological polar surface area (TPSA) is 77.6 Å². The molecular weight excluding hydrogens is 376 g/mol. The molecule has 1 aromatic carbocycles. The number of carbonyl (C=O) groups excluding carboxylic acids is 1. The van der Waals surface area contributed by atoms with Gasteiger partial charge in [-0.1, -0.05) is 25.1 Å². The Kier molecular flexibility index (Phi) is 4.78. The summed E-state index contributed by atoms with van der Waals surface area (Å²) < 4.78 is 3.72. The van der Waals surface area contributed by atoms with Gasteiger partial charge in [-0.15, -0.1) is 0 Å². The predicted molar refractivity (Wildman–Crippen MR) is 115 cm³/mol. The number of nitrogens with one attached hydrogen (secondary N) is 1. The molecule has 0 radical (unpaired) electrons. The summed E-state index contributed by atoms with van der Waals surface area (Å²) in [4.78, 5) is 17.9. The van der Waals surface area contributed by atoms with Gasteiger partial charge in [0.2, 0.25) is 0 Å². The maximum absolute atomic E-state index is 13.1. The van der Waals surface area contributed by atoms with E-state index in [2.05, 4.69) is 22.4 Å². The Labute approximate surface area is 174 Å². The standard InChI is InChI=1S/C23H24N6O/c1-2-10-28-22-20(14-26-28)19(11-21(27-22)17-8-9-17)23(30)24-12-16-13-25-29(15-16)18-6-4-3-5-7-18/h3-7,11,13-15,17H,2,8-10,12H2,1H3,(H,24,30). The summed E-state index contributed by atoms with van der Waals surface area (Å²) in [6, 6.07) is 11.9. The second-order valence-electron chi connectivity index (χ2n) is 7.79. The number of fused-ring (bicyclic) bond motifs is 1. The predicted octanol–water partition coefficient (Wildman–Crippen LogP) is 3.83. The van der Waals surface area contributed by atoms with Crippen LogP contribution in [-0.2, 0) is 13.1 Å². The van der Waals surface area contributed by atoms with Gasteiger partial charge in [-0.2, -0.15) is 10.2 Å². The fourth-order valence-corrected chi connectivity index (χ4v) is 3.67. The number of rotatable bonds is 7. The smallest absolute Gasteiger partial charge is 0.252 e. The first kappa shape index (κ1) is 18.5. The molecule has 3 aromatic heterocycles. The minimum absolute atomic E-state index is 0.104. The van der Waals surface area contributed by atoms with Gasteiger partial charge < -0.3 is 5.32 Å². The molecule has 1 aliphatic rings. The van der Waals surface area contributed by atoms with Crippen LogP contribution in [0.25, 0.3) is 16.7 Å². The van der Waals surface area contributed by atoms with Crippen molar-refractivity contribution in [3.8, 4) is 5.69 Å². The SMILES string of the molecule is CCCn1ncc2c(C(=O)NCc3cnn(-c4ccccc4)c3)cc(C3CC3)nc21. The normalized spacial score (nSPS) is 13.6. The lowest BCUT2D eigenvalue weighted by atomic mass is 10.1. The minimum atomic E-state index is -0.104. The van der Waals surface area contributed by atoms with Crippen LogP contribution in [0.4, 0.5) is 0 Å². The molecule has 0 saturated heterocycles. The number of para-hydroxylation sites is 1. The average molecular weight is 400 g/mol. The van der Waals surface area contributed by atoms with Crippen molar-refractivity contribution < 1.29 is 4.79 Å². The third-order valence-corrected chi connectivity index (χ3v) is 5.41.